The first kappa shape index (κ1) is 14.1. The van der Waals surface area contributed by atoms with Crippen molar-refractivity contribution in [2.24, 2.45) is 5.73 Å². The average molecular weight is 237 g/mol. The van der Waals surface area contributed by atoms with Crippen LogP contribution < -0.4 is 5.73 Å². The van der Waals surface area contributed by atoms with E-state index in [2.05, 4.69) is 6.92 Å². The monoisotopic (exact) mass is 237 g/mol. The molecule has 5 heteroatoms. The average Bonchev–Trinajstić information content (AvgIpc) is 2.16. The van der Waals surface area contributed by atoms with E-state index in [4.69, 9.17) is 10.8 Å². The highest BCUT2D eigenvalue weighted by Crippen LogP contribution is 2.09. The number of rotatable bonds is 9. The zero-order chi connectivity index (χ0) is 10.8. The lowest BCUT2D eigenvalue weighted by molar-refractivity contribution is -0.138. The molecular formula is C9H19NO2S2. The Bertz CT molecular complexity index is 156. The van der Waals surface area contributed by atoms with Crippen LogP contribution in [0, 0.1) is 0 Å². The van der Waals surface area contributed by atoms with Crippen molar-refractivity contribution >= 4 is 29.5 Å². The lowest BCUT2D eigenvalue weighted by Crippen LogP contribution is -2.30. The molecule has 1 unspecified atom stereocenters. The topological polar surface area (TPSA) is 63.3 Å². The highest BCUT2D eigenvalue weighted by atomic mass is 32.2. The molecule has 0 rings (SSSR count). The van der Waals surface area contributed by atoms with Crippen molar-refractivity contribution in [2.75, 3.05) is 23.0 Å². The van der Waals surface area contributed by atoms with E-state index in [0.29, 0.717) is 6.42 Å². The third-order valence-electron chi connectivity index (χ3n) is 1.67. The lowest BCUT2D eigenvalue weighted by atomic mass is 10.2. The van der Waals surface area contributed by atoms with Crippen molar-refractivity contribution < 1.29 is 9.90 Å². The van der Waals surface area contributed by atoms with Crippen molar-refractivity contribution in [2.45, 2.75) is 25.8 Å². The fourth-order valence-electron chi connectivity index (χ4n) is 0.843. The number of hydrogen-bond donors (Lipinski definition) is 2. The summed E-state index contributed by atoms with van der Waals surface area (Å²) in [4.78, 5) is 10.4. The van der Waals surface area contributed by atoms with Crippen LogP contribution in [0.4, 0.5) is 0 Å². The first-order valence-electron chi connectivity index (χ1n) is 4.82. The van der Waals surface area contributed by atoms with Gasteiger partial charge in [-0.15, -0.1) is 0 Å². The first-order chi connectivity index (χ1) is 6.68. The van der Waals surface area contributed by atoms with E-state index in [9.17, 15) is 4.79 Å². The number of carboxylic acids is 1. The minimum atomic E-state index is -0.896. The molecule has 0 amide bonds. The molecule has 0 fully saturated rings. The van der Waals surface area contributed by atoms with E-state index in [-0.39, 0.29) is 0 Å². The van der Waals surface area contributed by atoms with Gasteiger partial charge >= 0.3 is 5.97 Å². The number of thioether (sulfide) groups is 2. The van der Waals surface area contributed by atoms with Gasteiger partial charge in [0.2, 0.25) is 0 Å². The van der Waals surface area contributed by atoms with Crippen molar-refractivity contribution in [3.8, 4) is 0 Å². The smallest absolute Gasteiger partial charge is 0.320 e. The van der Waals surface area contributed by atoms with E-state index in [0.717, 1.165) is 11.5 Å². The van der Waals surface area contributed by atoms with Gasteiger partial charge in [-0.05, 0) is 35.9 Å². The van der Waals surface area contributed by atoms with Crippen molar-refractivity contribution in [1.82, 2.24) is 0 Å². The Hall–Kier alpha value is 0.130. The van der Waals surface area contributed by atoms with Gasteiger partial charge in [0.1, 0.15) is 6.04 Å². The quantitative estimate of drug-likeness (QED) is 0.597. The summed E-state index contributed by atoms with van der Waals surface area (Å²) in [6.45, 7) is 2.16. The van der Waals surface area contributed by atoms with Crippen molar-refractivity contribution in [1.29, 1.82) is 0 Å². The second-order valence-corrected chi connectivity index (χ2v) is 5.51. The maximum Gasteiger partial charge on any atom is 0.320 e. The second-order valence-electron chi connectivity index (χ2n) is 2.90. The largest absolute Gasteiger partial charge is 0.480 e. The SMILES string of the molecule is CCSCCCSCCC(N)C(=O)O. The Morgan fingerprint density at radius 1 is 1.36 bits per heavy atom. The molecule has 84 valence electrons. The van der Waals surface area contributed by atoms with Gasteiger partial charge in [0, 0.05) is 0 Å². The van der Waals surface area contributed by atoms with Gasteiger partial charge in [0.05, 0.1) is 0 Å². The molecule has 0 aromatic heterocycles. The number of aliphatic carboxylic acids is 1. The maximum absolute atomic E-state index is 10.4. The van der Waals surface area contributed by atoms with E-state index < -0.39 is 12.0 Å². The van der Waals surface area contributed by atoms with Gasteiger partial charge in [-0.25, -0.2) is 0 Å². The van der Waals surface area contributed by atoms with Crippen LogP contribution in [0.15, 0.2) is 0 Å². The Labute approximate surface area is 94.2 Å². The van der Waals surface area contributed by atoms with Crippen LogP contribution >= 0.6 is 23.5 Å². The van der Waals surface area contributed by atoms with Crippen molar-refractivity contribution in [3.63, 3.8) is 0 Å². The summed E-state index contributed by atoms with van der Waals surface area (Å²) >= 11 is 3.74. The van der Waals surface area contributed by atoms with Gasteiger partial charge in [-0.1, -0.05) is 6.92 Å². The molecule has 0 saturated heterocycles. The fraction of sp³-hybridized carbons (Fsp3) is 0.889. The number of nitrogens with two attached hydrogens (primary N) is 1. The van der Waals surface area contributed by atoms with E-state index >= 15 is 0 Å². The molecule has 0 aliphatic carbocycles. The van der Waals surface area contributed by atoms with Crippen LogP contribution in [0.25, 0.3) is 0 Å². The van der Waals surface area contributed by atoms with Crippen LogP contribution in [0.2, 0.25) is 0 Å². The summed E-state index contributed by atoms with van der Waals surface area (Å²) in [5.41, 5.74) is 5.36. The first-order valence-corrected chi connectivity index (χ1v) is 7.13. The molecule has 3 N–H and O–H groups in total. The third-order valence-corrected chi connectivity index (χ3v) is 3.76. The molecule has 0 heterocycles. The van der Waals surface area contributed by atoms with Gasteiger partial charge in [0.15, 0.2) is 0 Å². The Balaban J connectivity index is 3.09. The maximum atomic E-state index is 10.4. The Morgan fingerprint density at radius 2 is 2.00 bits per heavy atom. The molecule has 0 aliphatic rings. The summed E-state index contributed by atoms with van der Waals surface area (Å²) < 4.78 is 0. The highest BCUT2D eigenvalue weighted by molar-refractivity contribution is 8.00. The Morgan fingerprint density at radius 3 is 2.57 bits per heavy atom. The van der Waals surface area contributed by atoms with E-state index in [1.54, 1.807) is 11.8 Å². The third kappa shape index (κ3) is 8.72. The lowest BCUT2D eigenvalue weighted by Gasteiger charge is -2.05. The van der Waals surface area contributed by atoms with Crippen LogP contribution in [0.1, 0.15) is 19.8 Å². The fourth-order valence-corrected chi connectivity index (χ4v) is 2.64. The van der Waals surface area contributed by atoms with E-state index in [1.165, 1.54) is 17.9 Å². The summed E-state index contributed by atoms with van der Waals surface area (Å²) in [5, 5.41) is 8.52. The standard InChI is InChI=1S/C9H19NO2S2/c1-2-13-5-3-6-14-7-4-8(10)9(11)12/h8H,2-7,10H2,1H3,(H,11,12). The molecule has 0 bridgehead atoms. The molecule has 3 nitrogen and oxygen atoms in total. The zero-order valence-electron chi connectivity index (χ0n) is 8.57. The minimum absolute atomic E-state index is 0.570. The summed E-state index contributed by atoms with van der Waals surface area (Å²) in [6, 6.07) is -0.687. The minimum Gasteiger partial charge on any atom is -0.480 e. The van der Waals surface area contributed by atoms with Crippen molar-refractivity contribution in [3.05, 3.63) is 0 Å². The zero-order valence-corrected chi connectivity index (χ0v) is 10.2. The summed E-state index contributed by atoms with van der Waals surface area (Å²) in [6.07, 6.45) is 1.77. The molecule has 0 aromatic rings. The second kappa shape index (κ2) is 9.68. The van der Waals surface area contributed by atoms with Gasteiger partial charge < -0.3 is 10.8 Å². The molecule has 0 aromatic carbocycles. The molecule has 0 saturated carbocycles. The molecular weight excluding hydrogens is 218 g/mol. The molecule has 0 spiro atoms. The summed E-state index contributed by atoms with van der Waals surface area (Å²) in [5.74, 6) is 3.44. The highest BCUT2D eigenvalue weighted by Gasteiger charge is 2.09. The van der Waals surface area contributed by atoms with Gasteiger partial charge in [-0.2, -0.15) is 23.5 Å². The molecule has 1 atom stereocenters. The van der Waals surface area contributed by atoms with E-state index in [1.807, 2.05) is 11.8 Å². The van der Waals surface area contributed by atoms with Crippen LogP contribution in [-0.2, 0) is 4.79 Å². The Kier molecular flexibility index (Phi) is 9.77. The van der Waals surface area contributed by atoms with Gasteiger partial charge in [0.25, 0.3) is 0 Å². The number of hydrogen-bond acceptors (Lipinski definition) is 4. The van der Waals surface area contributed by atoms with Crippen LogP contribution in [0.5, 0.6) is 0 Å². The number of carbonyl (C=O) groups is 1. The molecule has 0 radical (unpaired) electrons. The van der Waals surface area contributed by atoms with Crippen LogP contribution in [-0.4, -0.2) is 40.1 Å². The predicted molar refractivity (Wildman–Crippen MR) is 65.2 cm³/mol. The predicted octanol–water partition coefficient (Wildman–Crippen LogP) is 1.66. The molecule has 0 aliphatic heterocycles. The van der Waals surface area contributed by atoms with Crippen LogP contribution in [0.3, 0.4) is 0 Å². The van der Waals surface area contributed by atoms with Gasteiger partial charge in [-0.3, -0.25) is 4.79 Å². The molecule has 14 heavy (non-hydrogen) atoms. The number of carboxylic acid groups (broad SMARTS) is 1. The summed E-state index contributed by atoms with van der Waals surface area (Å²) in [7, 11) is 0. The normalized spacial score (nSPS) is 12.7.